The molecule has 90 valence electrons. The molecular formula is C7H14ClF3N2OSi. The van der Waals surface area contributed by atoms with Crippen LogP contribution in [0.25, 0.3) is 0 Å². The number of halogens is 4. The number of alkyl halides is 4. The molecule has 0 amide bonds. The van der Waals surface area contributed by atoms with Crippen molar-refractivity contribution in [2.45, 2.75) is 19.3 Å². The first-order chi connectivity index (χ1) is 6.58. The average Bonchev–Trinajstić information content (AvgIpc) is 2.00. The van der Waals surface area contributed by atoms with Gasteiger partial charge in [-0.15, -0.1) is 16.7 Å². The highest BCUT2D eigenvalue weighted by atomic mass is 35.5. The summed E-state index contributed by atoms with van der Waals surface area (Å²) in [5.74, 6) is -1.23. The van der Waals surface area contributed by atoms with Gasteiger partial charge in [-0.1, -0.05) is 0 Å². The molecule has 0 atom stereocenters. The van der Waals surface area contributed by atoms with Gasteiger partial charge < -0.3 is 4.43 Å². The van der Waals surface area contributed by atoms with E-state index < -0.39 is 20.4 Å². The SMILES string of the molecule is CN(C)N=C(O[Si](C)(C)CCl)C(F)(F)F. The van der Waals surface area contributed by atoms with Gasteiger partial charge in [0.25, 0.3) is 8.32 Å². The minimum absolute atomic E-state index is 0.0789. The molecule has 0 spiro atoms. The van der Waals surface area contributed by atoms with Gasteiger partial charge in [0.15, 0.2) is 0 Å². The third-order valence-electron chi connectivity index (χ3n) is 1.23. The smallest absolute Gasteiger partial charge is 0.468 e. The lowest BCUT2D eigenvalue weighted by molar-refractivity contribution is -0.0730. The van der Waals surface area contributed by atoms with Crippen molar-refractivity contribution in [1.29, 1.82) is 0 Å². The minimum atomic E-state index is -4.58. The van der Waals surface area contributed by atoms with Crippen LogP contribution in [0.2, 0.25) is 13.1 Å². The molecule has 0 aliphatic heterocycles. The van der Waals surface area contributed by atoms with Crippen molar-refractivity contribution in [1.82, 2.24) is 5.01 Å². The zero-order valence-corrected chi connectivity index (χ0v) is 10.8. The second kappa shape index (κ2) is 5.07. The minimum Gasteiger partial charge on any atom is -0.526 e. The maximum atomic E-state index is 12.4. The number of hydrogen-bond acceptors (Lipinski definition) is 3. The van der Waals surface area contributed by atoms with E-state index >= 15 is 0 Å². The molecule has 0 aromatic carbocycles. The van der Waals surface area contributed by atoms with Crippen molar-refractivity contribution in [3.05, 3.63) is 0 Å². The van der Waals surface area contributed by atoms with Crippen LogP contribution >= 0.6 is 11.6 Å². The molecule has 15 heavy (non-hydrogen) atoms. The van der Waals surface area contributed by atoms with Crippen molar-refractivity contribution >= 4 is 25.8 Å². The van der Waals surface area contributed by atoms with E-state index in [4.69, 9.17) is 16.0 Å². The molecule has 8 heteroatoms. The van der Waals surface area contributed by atoms with Gasteiger partial charge in [0.05, 0.1) is 5.50 Å². The second-order valence-electron chi connectivity index (χ2n) is 3.75. The largest absolute Gasteiger partial charge is 0.526 e. The second-order valence-corrected chi connectivity index (χ2v) is 8.54. The van der Waals surface area contributed by atoms with Crippen LogP contribution in [-0.4, -0.2) is 45.0 Å². The standard InChI is InChI=1S/C7H14ClF3N2OSi/c1-13(2)12-6(7(9,10)11)14-15(3,4)5-8/h5H2,1-4H3. The molecule has 0 bridgehead atoms. The van der Waals surface area contributed by atoms with Gasteiger partial charge in [-0.2, -0.15) is 13.2 Å². The molecular weight excluding hydrogens is 249 g/mol. The Kier molecular flexibility index (Phi) is 4.92. The van der Waals surface area contributed by atoms with E-state index in [2.05, 4.69) is 5.10 Å². The molecule has 0 aliphatic rings. The van der Waals surface area contributed by atoms with Crippen LogP contribution < -0.4 is 0 Å². The molecule has 0 heterocycles. The summed E-state index contributed by atoms with van der Waals surface area (Å²) in [7, 11) is 0.257. The fourth-order valence-electron chi connectivity index (χ4n) is 0.606. The van der Waals surface area contributed by atoms with Crippen molar-refractivity contribution in [3.63, 3.8) is 0 Å². The number of nitrogens with zero attached hydrogens (tertiary/aromatic N) is 2. The zero-order chi connectivity index (χ0) is 12.3. The van der Waals surface area contributed by atoms with Gasteiger partial charge in [-0.25, -0.2) is 0 Å². The number of hydrogen-bond donors (Lipinski definition) is 0. The van der Waals surface area contributed by atoms with Crippen LogP contribution in [-0.2, 0) is 4.43 Å². The van der Waals surface area contributed by atoms with Gasteiger partial charge in [0, 0.05) is 14.1 Å². The van der Waals surface area contributed by atoms with Gasteiger partial charge in [-0.05, 0) is 13.1 Å². The Labute approximate surface area is 93.0 Å². The van der Waals surface area contributed by atoms with Crippen LogP contribution in [0.5, 0.6) is 0 Å². The number of rotatable bonds is 3. The third-order valence-corrected chi connectivity index (χ3v) is 4.55. The molecule has 0 saturated carbocycles. The zero-order valence-electron chi connectivity index (χ0n) is 9.02. The predicted molar refractivity (Wildman–Crippen MR) is 56.5 cm³/mol. The highest BCUT2D eigenvalue weighted by molar-refractivity contribution is 6.79. The quantitative estimate of drug-likeness (QED) is 0.257. The summed E-state index contributed by atoms with van der Waals surface area (Å²) in [4.78, 5) is 0. The van der Waals surface area contributed by atoms with Gasteiger partial charge in [-0.3, -0.25) is 5.01 Å². The maximum Gasteiger partial charge on any atom is 0.468 e. The van der Waals surface area contributed by atoms with E-state index in [1.165, 1.54) is 14.1 Å². The fraction of sp³-hybridized carbons (Fsp3) is 0.857. The number of hydrazone groups is 1. The topological polar surface area (TPSA) is 24.8 Å². The summed E-state index contributed by atoms with van der Waals surface area (Å²) in [5, 5.41) is 4.30. The highest BCUT2D eigenvalue weighted by Gasteiger charge is 2.42. The van der Waals surface area contributed by atoms with Gasteiger partial charge in [0.2, 0.25) is 0 Å². The van der Waals surface area contributed by atoms with E-state index in [0.29, 0.717) is 0 Å². The molecule has 0 rings (SSSR count). The Hall–Kier alpha value is -0.433. The summed E-state index contributed by atoms with van der Waals surface area (Å²) in [6, 6.07) is 0. The molecule has 0 aromatic rings. The molecule has 0 saturated heterocycles. The Morgan fingerprint density at radius 2 is 1.87 bits per heavy atom. The first-order valence-corrected chi connectivity index (χ1v) is 7.81. The monoisotopic (exact) mass is 262 g/mol. The Bertz CT molecular complexity index is 243. The average molecular weight is 263 g/mol. The van der Waals surface area contributed by atoms with Crippen molar-refractivity contribution in [3.8, 4) is 0 Å². The molecule has 0 unspecified atom stereocenters. The van der Waals surface area contributed by atoms with Crippen molar-refractivity contribution in [2.24, 2.45) is 5.10 Å². The molecule has 0 aromatic heterocycles. The van der Waals surface area contributed by atoms with E-state index in [1.807, 2.05) is 0 Å². The molecule has 0 aliphatic carbocycles. The Morgan fingerprint density at radius 1 is 1.40 bits per heavy atom. The van der Waals surface area contributed by atoms with Crippen LogP contribution in [0.15, 0.2) is 5.10 Å². The predicted octanol–water partition coefficient (Wildman–Crippen LogP) is 2.42. The third kappa shape index (κ3) is 5.88. The van der Waals surface area contributed by atoms with E-state index in [9.17, 15) is 13.2 Å². The van der Waals surface area contributed by atoms with Gasteiger partial charge in [0.1, 0.15) is 0 Å². The summed E-state index contributed by atoms with van der Waals surface area (Å²) in [6.07, 6.45) is -4.58. The lowest BCUT2D eigenvalue weighted by atomic mass is 10.6. The first-order valence-electron chi connectivity index (χ1n) is 4.16. The summed E-state index contributed by atoms with van der Waals surface area (Å²) < 4.78 is 42.2. The summed E-state index contributed by atoms with van der Waals surface area (Å²) in [6.45, 7) is 3.19. The van der Waals surface area contributed by atoms with Crippen LogP contribution in [0, 0.1) is 0 Å². The molecule has 3 nitrogen and oxygen atoms in total. The molecule has 0 N–H and O–H groups in total. The summed E-state index contributed by atoms with van der Waals surface area (Å²) in [5.41, 5.74) is 0.0789. The summed E-state index contributed by atoms with van der Waals surface area (Å²) >= 11 is 5.52. The highest BCUT2D eigenvalue weighted by Crippen LogP contribution is 2.22. The maximum absolute atomic E-state index is 12.4. The van der Waals surface area contributed by atoms with Crippen molar-refractivity contribution < 1.29 is 17.6 Å². The molecule has 0 radical (unpaired) electrons. The van der Waals surface area contributed by atoms with E-state index in [1.54, 1.807) is 13.1 Å². The van der Waals surface area contributed by atoms with Crippen LogP contribution in [0.3, 0.4) is 0 Å². The van der Waals surface area contributed by atoms with Crippen LogP contribution in [0.4, 0.5) is 13.2 Å². The molecule has 0 fully saturated rings. The van der Waals surface area contributed by atoms with Gasteiger partial charge >= 0.3 is 12.1 Å². The van der Waals surface area contributed by atoms with Crippen molar-refractivity contribution in [2.75, 3.05) is 19.6 Å². The fourth-order valence-corrected chi connectivity index (χ4v) is 1.50. The Morgan fingerprint density at radius 3 is 2.13 bits per heavy atom. The van der Waals surface area contributed by atoms with E-state index in [-0.39, 0.29) is 5.50 Å². The lowest BCUT2D eigenvalue weighted by Gasteiger charge is -2.24. The first kappa shape index (κ1) is 14.6. The normalized spacial score (nSPS) is 14.0. The lowest BCUT2D eigenvalue weighted by Crippen LogP contribution is -2.42. The van der Waals surface area contributed by atoms with E-state index in [0.717, 1.165) is 5.01 Å². The Balaban J connectivity index is 4.84. The van der Waals surface area contributed by atoms with Crippen LogP contribution in [0.1, 0.15) is 0 Å².